The van der Waals surface area contributed by atoms with Crippen LogP contribution in [0.15, 0.2) is 12.1 Å². The van der Waals surface area contributed by atoms with Crippen LogP contribution in [0.5, 0.6) is 17.2 Å². The van der Waals surface area contributed by atoms with Gasteiger partial charge in [-0.25, -0.2) is 0 Å². The van der Waals surface area contributed by atoms with E-state index in [1.165, 1.54) is 0 Å². The number of rotatable bonds is 3. The van der Waals surface area contributed by atoms with Crippen molar-refractivity contribution in [3.63, 3.8) is 0 Å². The van der Waals surface area contributed by atoms with E-state index in [-0.39, 0.29) is 24.6 Å². The number of hydrogen-bond donors (Lipinski definition) is 2. The summed E-state index contributed by atoms with van der Waals surface area (Å²) in [6, 6.07) is 3.07. The molecule has 0 amide bonds. The normalized spacial score (nSPS) is 16.3. The standard InChI is InChI=1S/C14H21NO4.ClH/c1-14(2,3)13(16)11(15)8-5-9(17-4)12-10(6-8)18-7-19-12;/h5-6,11,13,16H,7,15H2,1-4H3;1H/t11-,13-;/m1./s1. The molecule has 5 nitrogen and oxygen atoms in total. The van der Waals surface area contributed by atoms with Crippen molar-refractivity contribution in [2.24, 2.45) is 11.1 Å². The summed E-state index contributed by atoms with van der Waals surface area (Å²) in [7, 11) is 1.56. The SMILES string of the molecule is COc1cc([C@@H](N)[C@@H](O)C(C)(C)C)cc2c1OCO2.Cl. The number of fused-ring (bicyclic) bond motifs is 1. The summed E-state index contributed by atoms with van der Waals surface area (Å²) in [4.78, 5) is 0. The summed E-state index contributed by atoms with van der Waals surface area (Å²) < 4.78 is 16.0. The maximum absolute atomic E-state index is 10.3. The first-order valence-electron chi connectivity index (χ1n) is 6.25. The van der Waals surface area contributed by atoms with Gasteiger partial charge in [-0.2, -0.15) is 0 Å². The van der Waals surface area contributed by atoms with Crippen LogP contribution in [-0.4, -0.2) is 25.1 Å². The highest BCUT2D eigenvalue weighted by atomic mass is 35.5. The molecular weight excluding hydrogens is 282 g/mol. The molecule has 1 aromatic rings. The van der Waals surface area contributed by atoms with E-state index in [9.17, 15) is 5.11 Å². The van der Waals surface area contributed by atoms with Gasteiger partial charge in [0.2, 0.25) is 12.5 Å². The van der Waals surface area contributed by atoms with Gasteiger partial charge in [-0.15, -0.1) is 12.4 Å². The Morgan fingerprint density at radius 1 is 1.30 bits per heavy atom. The number of nitrogens with two attached hydrogens (primary N) is 1. The Labute approximate surface area is 125 Å². The lowest BCUT2D eigenvalue weighted by molar-refractivity contribution is 0.0400. The number of aliphatic hydroxyl groups excluding tert-OH is 1. The maximum atomic E-state index is 10.3. The van der Waals surface area contributed by atoms with Crippen molar-refractivity contribution in [3.8, 4) is 17.2 Å². The van der Waals surface area contributed by atoms with Crippen molar-refractivity contribution in [2.75, 3.05) is 13.9 Å². The Morgan fingerprint density at radius 2 is 1.95 bits per heavy atom. The lowest BCUT2D eigenvalue weighted by atomic mass is 9.82. The molecule has 114 valence electrons. The van der Waals surface area contributed by atoms with Crippen LogP contribution in [0.2, 0.25) is 0 Å². The lowest BCUT2D eigenvalue weighted by Gasteiger charge is -2.31. The largest absolute Gasteiger partial charge is 0.493 e. The predicted molar refractivity (Wildman–Crippen MR) is 78.8 cm³/mol. The number of halogens is 1. The third-order valence-corrected chi connectivity index (χ3v) is 3.29. The highest BCUT2D eigenvalue weighted by molar-refractivity contribution is 5.85. The van der Waals surface area contributed by atoms with Gasteiger partial charge in [0.25, 0.3) is 0 Å². The van der Waals surface area contributed by atoms with Crippen molar-refractivity contribution in [3.05, 3.63) is 17.7 Å². The molecule has 6 heteroatoms. The molecule has 0 fully saturated rings. The van der Waals surface area contributed by atoms with Crippen molar-refractivity contribution in [2.45, 2.75) is 32.9 Å². The molecule has 1 aliphatic heterocycles. The molecule has 2 rings (SSSR count). The molecule has 0 aliphatic carbocycles. The van der Waals surface area contributed by atoms with Crippen LogP contribution in [0.25, 0.3) is 0 Å². The fourth-order valence-electron chi connectivity index (χ4n) is 2.06. The molecule has 20 heavy (non-hydrogen) atoms. The van der Waals surface area contributed by atoms with Crippen molar-refractivity contribution >= 4 is 12.4 Å². The number of ether oxygens (including phenoxy) is 3. The second-order valence-electron chi connectivity index (χ2n) is 5.79. The van der Waals surface area contributed by atoms with E-state index in [1.54, 1.807) is 19.2 Å². The Hall–Kier alpha value is -1.17. The van der Waals surface area contributed by atoms with E-state index in [4.69, 9.17) is 19.9 Å². The number of methoxy groups -OCH3 is 1. The second kappa shape index (κ2) is 6.08. The van der Waals surface area contributed by atoms with E-state index in [0.29, 0.717) is 17.2 Å². The summed E-state index contributed by atoms with van der Waals surface area (Å²) in [5.41, 5.74) is 6.60. The van der Waals surface area contributed by atoms with Gasteiger partial charge in [0.1, 0.15) is 0 Å². The van der Waals surface area contributed by atoms with Crippen LogP contribution in [0.1, 0.15) is 32.4 Å². The van der Waals surface area contributed by atoms with E-state index in [1.807, 2.05) is 20.8 Å². The minimum atomic E-state index is -0.669. The third-order valence-electron chi connectivity index (χ3n) is 3.29. The minimum Gasteiger partial charge on any atom is -0.493 e. The van der Waals surface area contributed by atoms with Crippen LogP contribution in [-0.2, 0) is 0 Å². The number of benzene rings is 1. The Morgan fingerprint density at radius 3 is 2.50 bits per heavy atom. The zero-order valence-electron chi connectivity index (χ0n) is 12.2. The van der Waals surface area contributed by atoms with Gasteiger partial charge in [-0.1, -0.05) is 20.8 Å². The smallest absolute Gasteiger partial charge is 0.231 e. The van der Waals surface area contributed by atoms with E-state index in [2.05, 4.69) is 0 Å². The Balaban J connectivity index is 0.00000200. The second-order valence-corrected chi connectivity index (χ2v) is 5.79. The van der Waals surface area contributed by atoms with E-state index in [0.717, 1.165) is 5.56 Å². The van der Waals surface area contributed by atoms with Crippen LogP contribution in [0.3, 0.4) is 0 Å². The Bertz CT molecular complexity index is 473. The predicted octanol–water partition coefficient (Wildman–Crippen LogP) is 2.25. The fourth-order valence-corrected chi connectivity index (χ4v) is 2.06. The molecule has 2 atom stereocenters. The first-order chi connectivity index (χ1) is 8.84. The molecule has 1 aliphatic rings. The quantitative estimate of drug-likeness (QED) is 0.896. The molecular formula is C14H22ClNO4. The van der Waals surface area contributed by atoms with Gasteiger partial charge < -0.3 is 25.1 Å². The van der Waals surface area contributed by atoms with Crippen molar-refractivity contribution < 1.29 is 19.3 Å². The third kappa shape index (κ3) is 3.11. The lowest BCUT2D eigenvalue weighted by Crippen LogP contribution is -2.36. The average Bonchev–Trinajstić information content (AvgIpc) is 2.82. The first-order valence-corrected chi connectivity index (χ1v) is 6.25. The van der Waals surface area contributed by atoms with Gasteiger partial charge >= 0.3 is 0 Å². The minimum absolute atomic E-state index is 0. The Kier molecular flexibility index (Phi) is 5.13. The summed E-state index contributed by atoms with van der Waals surface area (Å²) in [6.45, 7) is 6.01. The molecule has 0 radical (unpaired) electrons. The van der Waals surface area contributed by atoms with Crippen LogP contribution >= 0.6 is 12.4 Å². The molecule has 1 heterocycles. The molecule has 3 N–H and O–H groups in total. The van der Waals surface area contributed by atoms with Crippen molar-refractivity contribution in [1.82, 2.24) is 0 Å². The maximum Gasteiger partial charge on any atom is 0.231 e. The van der Waals surface area contributed by atoms with Crippen LogP contribution < -0.4 is 19.9 Å². The molecule has 0 saturated heterocycles. The van der Waals surface area contributed by atoms with Gasteiger partial charge in [0, 0.05) is 0 Å². The van der Waals surface area contributed by atoms with Gasteiger partial charge in [-0.3, -0.25) is 0 Å². The molecule has 0 aromatic heterocycles. The zero-order valence-corrected chi connectivity index (χ0v) is 13.0. The highest BCUT2D eigenvalue weighted by Gasteiger charge is 2.31. The summed E-state index contributed by atoms with van der Waals surface area (Å²) in [5, 5.41) is 10.3. The topological polar surface area (TPSA) is 73.9 Å². The fraction of sp³-hybridized carbons (Fsp3) is 0.571. The van der Waals surface area contributed by atoms with Gasteiger partial charge in [0.05, 0.1) is 19.3 Å². The zero-order chi connectivity index (χ0) is 14.2. The van der Waals surface area contributed by atoms with Gasteiger partial charge in [0.15, 0.2) is 11.5 Å². The van der Waals surface area contributed by atoms with Crippen molar-refractivity contribution in [1.29, 1.82) is 0 Å². The summed E-state index contributed by atoms with van der Waals surface area (Å²) >= 11 is 0. The summed E-state index contributed by atoms with van der Waals surface area (Å²) in [6.07, 6.45) is -0.669. The average molecular weight is 304 g/mol. The van der Waals surface area contributed by atoms with E-state index < -0.39 is 12.1 Å². The molecule has 1 aromatic carbocycles. The first kappa shape index (κ1) is 16.9. The van der Waals surface area contributed by atoms with Crippen LogP contribution in [0, 0.1) is 5.41 Å². The molecule has 0 saturated carbocycles. The number of aliphatic hydroxyl groups is 1. The monoisotopic (exact) mass is 303 g/mol. The molecule has 0 bridgehead atoms. The van der Waals surface area contributed by atoms with E-state index >= 15 is 0 Å². The highest BCUT2D eigenvalue weighted by Crippen LogP contribution is 2.43. The number of hydrogen-bond acceptors (Lipinski definition) is 5. The molecule has 0 spiro atoms. The molecule has 0 unspecified atom stereocenters. The summed E-state index contributed by atoms with van der Waals surface area (Å²) in [5.74, 6) is 1.76. The van der Waals surface area contributed by atoms with Crippen LogP contribution in [0.4, 0.5) is 0 Å². The van der Waals surface area contributed by atoms with Gasteiger partial charge in [-0.05, 0) is 23.1 Å².